The Bertz CT molecular complexity index is 696. The minimum atomic E-state index is 0.377. The predicted molar refractivity (Wildman–Crippen MR) is 91.2 cm³/mol. The summed E-state index contributed by atoms with van der Waals surface area (Å²) in [4.78, 5) is 7.40. The van der Waals surface area contributed by atoms with Crippen LogP contribution in [0, 0.1) is 6.92 Å². The summed E-state index contributed by atoms with van der Waals surface area (Å²) in [5.74, 6) is 0.877. The molecular weight excluding hydrogens is 278 g/mol. The van der Waals surface area contributed by atoms with Gasteiger partial charge in [0.2, 0.25) is 0 Å². The number of anilines is 2. The van der Waals surface area contributed by atoms with Crippen LogP contribution in [0.1, 0.15) is 30.2 Å². The van der Waals surface area contributed by atoms with Crippen molar-refractivity contribution in [3.8, 4) is 0 Å². The van der Waals surface area contributed by atoms with E-state index in [1.54, 1.807) is 0 Å². The number of nitrogens with zero attached hydrogens (tertiary/aromatic N) is 2. The molecule has 4 heteroatoms. The molecule has 0 spiro atoms. The third-order valence-corrected chi connectivity index (χ3v) is 4.25. The fraction of sp³-hybridized carbons (Fsp3) is 0.294. The highest BCUT2D eigenvalue weighted by Gasteiger charge is 2.27. The Kier molecular flexibility index (Phi) is 3.64. The molecule has 108 valence electrons. The smallest absolute Gasteiger partial charge is 0.143 e. The van der Waals surface area contributed by atoms with E-state index >= 15 is 0 Å². The van der Waals surface area contributed by atoms with E-state index in [1.165, 1.54) is 11.3 Å². The summed E-state index contributed by atoms with van der Waals surface area (Å²) in [6, 6.07) is 12.8. The maximum Gasteiger partial charge on any atom is 0.143 e. The van der Waals surface area contributed by atoms with Gasteiger partial charge in [0.15, 0.2) is 0 Å². The number of pyridine rings is 1. The molecule has 1 atom stereocenters. The highest BCUT2D eigenvalue weighted by Crippen LogP contribution is 2.37. The molecule has 0 saturated carbocycles. The van der Waals surface area contributed by atoms with Crippen molar-refractivity contribution >= 4 is 28.7 Å². The Morgan fingerprint density at radius 1 is 1.29 bits per heavy atom. The number of nitrogens with two attached hydrogens (primary N) is 1. The number of aromatic nitrogens is 1. The SMILES string of the molecule is Cc1ccc(C(N)=S)c(N2c3ccccc3CCC2C)n1. The van der Waals surface area contributed by atoms with Crippen molar-refractivity contribution < 1.29 is 0 Å². The number of fused-ring (bicyclic) bond motifs is 1. The molecule has 1 unspecified atom stereocenters. The summed E-state index contributed by atoms with van der Waals surface area (Å²) in [7, 11) is 0. The Balaban J connectivity index is 2.20. The fourth-order valence-electron chi connectivity index (χ4n) is 2.93. The topological polar surface area (TPSA) is 42.1 Å². The van der Waals surface area contributed by atoms with Crippen LogP contribution in [-0.4, -0.2) is 16.0 Å². The lowest BCUT2D eigenvalue weighted by molar-refractivity contribution is 0.612. The van der Waals surface area contributed by atoms with Crippen molar-refractivity contribution in [2.24, 2.45) is 5.73 Å². The van der Waals surface area contributed by atoms with Crippen LogP contribution in [0.5, 0.6) is 0 Å². The van der Waals surface area contributed by atoms with Crippen LogP contribution in [0.3, 0.4) is 0 Å². The molecule has 3 nitrogen and oxygen atoms in total. The third-order valence-electron chi connectivity index (χ3n) is 4.03. The van der Waals surface area contributed by atoms with Gasteiger partial charge in [-0.2, -0.15) is 0 Å². The average molecular weight is 297 g/mol. The van der Waals surface area contributed by atoms with Gasteiger partial charge < -0.3 is 10.6 Å². The van der Waals surface area contributed by atoms with E-state index in [4.69, 9.17) is 22.9 Å². The molecule has 0 radical (unpaired) electrons. The van der Waals surface area contributed by atoms with Crippen LogP contribution in [-0.2, 0) is 6.42 Å². The van der Waals surface area contributed by atoms with E-state index in [1.807, 2.05) is 19.1 Å². The Hall–Kier alpha value is -1.94. The first kappa shape index (κ1) is 14.0. The van der Waals surface area contributed by atoms with E-state index in [-0.39, 0.29) is 0 Å². The molecule has 1 aliphatic rings. The van der Waals surface area contributed by atoms with E-state index in [0.29, 0.717) is 11.0 Å². The summed E-state index contributed by atoms with van der Waals surface area (Å²) in [5, 5.41) is 0. The Morgan fingerprint density at radius 2 is 2.05 bits per heavy atom. The third kappa shape index (κ3) is 2.51. The first-order valence-electron chi connectivity index (χ1n) is 7.22. The zero-order valence-electron chi connectivity index (χ0n) is 12.3. The summed E-state index contributed by atoms with van der Waals surface area (Å²) >= 11 is 5.21. The van der Waals surface area contributed by atoms with Crippen molar-refractivity contribution in [1.29, 1.82) is 0 Å². The molecule has 0 amide bonds. The second kappa shape index (κ2) is 5.45. The van der Waals surface area contributed by atoms with Gasteiger partial charge in [-0.1, -0.05) is 30.4 Å². The molecule has 2 heterocycles. The zero-order chi connectivity index (χ0) is 15.0. The van der Waals surface area contributed by atoms with E-state index in [9.17, 15) is 0 Å². The molecule has 0 fully saturated rings. The minimum absolute atomic E-state index is 0.377. The molecule has 1 aromatic heterocycles. The van der Waals surface area contributed by atoms with Gasteiger partial charge in [-0.15, -0.1) is 0 Å². The van der Waals surface area contributed by atoms with E-state index < -0.39 is 0 Å². The van der Waals surface area contributed by atoms with Gasteiger partial charge in [-0.05, 0) is 50.5 Å². The first-order chi connectivity index (χ1) is 10.1. The summed E-state index contributed by atoms with van der Waals surface area (Å²) < 4.78 is 0. The highest BCUT2D eigenvalue weighted by molar-refractivity contribution is 7.80. The molecule has 2 N–H and O–H groups in total. The zero-order valence-corrected chi connectivity index (χ0v) is 13.2. The van der Waals surface area contributed by atoms with E-state index in [0.717, 1.165) is 29.9 Å². The largest absolute Gasteiger partial charge is 0.389 e. The molecule has 0 aliphatic carbocycles. The first-order valence-corrected chi connectivity index (χ1v) is 7.63. The lowest BCUT2D eigenvalue weighted by Gasteiger charge is -2.37. The second-order valence-electron chi connectivity index (χ2n) is 5.57. The number of benzene rings is 1. The van der Waals surface area contributed by atoms with Crippen molar-refractivity contribution in [2.75, 3.05) is 4.90 Å². The van der Waals surface area contributed by atoms with Crippen LogP contribution >= 0.6 is 12.2 Å². The van der Waals surface area contributed by atoms with Gasteiger partial charge in [0.25, 0.3) is 0 Å². The summed E-state index contributed by atoms with van der Waals surface area (Å²) in [5.41, 5.74) is 10.3. The maximum atomic E-state index is 5.90. The summed E-state index contributed by atoms with van der Waals surface area (Å²) in [6.45, 7) is 4.22. The standard InChI is InChI=1S/C17H19N3S/c1-11-7-10-14(16(18)21)17(19-11)20-12(2)8-9-13-5-3-4-6-15(13)20/h3-7,10,12H,8-9H2,1-2H3,(H2,18,21). The number of para-hydroxylation sites is 1. The molecule has 21 heavy (non-hydrogen) atoms. The maximum absolute atomic E-state index is 5.90. The van der Waals surface area contributed by atoms with Gasteiger partial charge in [0, 0.05) is 17.4 Å². The van der Waals surface area contributed by atoms with Gasteiger partial charge in [-0.3, -0.25) is 0 Å². The number of thiocarbonyl (C=S) groups is 1. The van der Waals surface area contributed by atoms with Crippen LogP contribution in [0.25, 0.3) is 0 Å². The molecule has 0 bridgehead atoms. The Labute approximate surface area is 130 Å². The number of aryl methyl sites for hydroxylation is 2. The van der Waals surface area contributed by atoms with Crippen LogP contribution in [0.4, 0.5) is 11.5 Å². The Morgan fingerprint density at radius 3 is 2.81 bits per heavy atom. The minimum Gasteiger partial charge on any atom is -0.389 e. The van der Waals surface area contributed by atoms with Gasteiger partial charge in [0.1, 0.15) is 10.8 Å². The predicted octanol–water partition coefficient (Wildman–Crippen LogP) is 3.50. The molecule has 1 aliphatic heterocycles. The fourth-order valence-corrected chi connectivity index (χ4v) is 3.09. The van der Waals surface area contributed by atoms with Gasteiger partial charge in [-0.25, -0.2) is 4.98 Å². The molecular formula is C17H19N3S. The van der Waals surface area contributed by atoms with Crippen molar-refractivity contribution in [1.82, 2.24) is 4.98 Å². The highest BCUT2D eigenvalue weighted by atomic mass is 32.1. The number of hydrogen-bond acceptors (Lipinski definition) is 3. The molecule has 2 aromatic rings. The monoisotopic (exact) mass is 297 g/mol. The quantitative estimate of drug-likeness (QED) is 0.862. The van der Waals surface area contributed by atoms with Crippen molar-refractivity contribution in [3.63, 3.8) is 0 Å². The number of rotatable bonds is 2. The van der Waals surface area contributed by atoms with Gasteiger partial charge >= 0.3 is 0 Å². The van der Waals surface area contributed by atoms with Gasteiger partial charge in [0.05, 0.1) is 5.56 Å². The lowest BCUT2D eigenvalue weighted by atomic mass is 9.96. The number of hydrogen-bond donors (Lipinski definition) is 1. The van der Waals surface area contributed by atoms with E-state index in [2.05, 4.69) is 36.1 Å². The molecule has 3 rings (SSSR count). The second-order valence-corrected chi connectivity index (χ2v) is 6.01. The van der Waals surface area contributed by atoms with Crippen LogP contribution in [0.15, 0.2) is 36.4 Å². The normalized spacial score (nSPS) is 17.4. The van der Waals surface area contributed by atoms with Crippen LogP contribution in [0.2, 0.25) is 0 Å². The lowest BCUT2D eigenvalue weighted by Crippen LogP contribution is -2.35. The van der Waals surface area contributed by atoms with Crippen LogP contribution < -0.4 is 10.6 Å². The molecule has 1 aromatic carbocycles. The average Bonchev–Trinajstić information content (AvgIpc) is 2.46. The summed E-state index contributed by atoms with van der Waals surface area (Å²) in [6.07, 6.45) is 2.20. The van der Waals surface area contributed by atoms with Crippen molar-refractivity contribution in [2.45, 2.75) is 32.7 Å². The molecule has 0 saturated heterocycles. The van der Waals surface area contributed by atoms with Crippen molar-refractivity contribution in [3.05, 3.63) is 53.2 Å².